The Hall–Kier alpha value is -1.82. The lowest BCUT2D eigenvalue weighted by Crippen LogP contribution is -2.37. The third kappa shape index (κ3) is 2.03. The molecule has 2 unspecified atom stereocenters. The zero-order chi connectivity index (χ0) is 12.4. The molecule has 0 spiro atoms. The second-order valence-corrected chi connectivity index (χ2v) is 4.27. The third-order valence-electron chi connectivity index (χ3n) is 2.97. The van der Waals surface area contributed by atoms with Crippen LogP contribution >= 0.6 is 0 Å². The van der Waals surface area contributed by atoms with E-state index in [2.05, 4.69) is 10.9 Å². The van der Waals surface area contributed by atoms with Crippen LogP contribution in [0.1, 0.15) is 35.8 Å². The molecule has 88 valence electrons. The highest BCUT2D eigenvalue weighted by Crippen LogP contribution is 2.31. The Bertz CT molecular complexity index is 487. The normalized spacial score (nSPS) is 22.5. The SMILES string of the molecule is C#CC1Oc2nc(C)ccc2C(=O)C1CCC. The van der Waals surface area contributed by atoms with Crippen LogP contribution in [0.15, 0.2) is 12.1 Å². The van der Waals surface area contributed by atoms with Gasteiger partial charge in [-0.25, -0.2) is 4.98 Å². The van der Waals surface area contributed by atoms with Crippen LogP contribution in [0.2, 0.25) is 0 Å². The molecule has 0 bridgehead atoms. The standard InChI is InChI=1S/C14H15NO2/c1-4-6-10-12(5-2)17-14-11(13(10)16)8-7-9(3)15-14/h2,7-8,10,12H,4,6H2,1,3H3. The van der Waals surface area contributed by atoms with Crippen LogP contribution < -0.4 is 4.74 Å². The van der Waals surface area contributed by atoms with Crippen LogP contribution in [-0.2, 0) is 0 Å². The summed E-state index contributed by atoms with van der Waals surface area (Å²) < 4.78 is 5.63. The number of aromatic nitrogens is 1. The van der Waals surface area contributed by atoms with Gasteiger partial charge in [0.05, 0.1) is 11.5 Å². The van der Waals surface area contributed by atoms with Crippen molar-refractivity contribution in [3.05, 3.63) is 23.4 Å². The lowest BCUT2D eigenvalue weighted by Gasteiger charge is -2.28. The van der Waals surface area contributed by atoms with Crippen LogP contribution in [0.25, 0.3) is 0 Å². The first-order chi connectivity index (χ1) is 8.17. The van der Waals surface area contributed by atoms with E-state index in [9.17, 15) is 4.79 Å². The molecule has 0 saturated heterocycles. The Balaban J connectivity index is 2.42. The molecule has 0 radical (unpaired) electrons. The van der Waals surface area contributed by atoms with Gasteiger partial charge in [-0.3, -0.25) is 4.79 Å². The number of fused-ring (bicyclic) bond motifs is 1. The van der Waals surface area contributed by atoms with Gasteiger partial charge in [-0.05, 0) is 25.5 Å². The Labute approximate surface area is 101 Å². The number of terminal acetylenes is 1. The van der Waals surface area contributed by atoms with Gasteiger partial charge in [0.2, 0.25) is 5.88 Å². The number of pyridine rings is 1. The second-order valence-electron chi connectivity index (χ2n) is 4.27. The van der Waals surface area contributed by atoms with Gasteiger partial charge in [0, 0.05) is 5.69 Å². The minimum atomic E-state index is -0.482. The van der Waals surface area contributed by atoms with E-state index in [1.807, 2.05) is 19.9 Å². The number of nitrogens with zero attached hydrogens (tertiary/aromatic N) is 1. The van der Waals surface area contributed by atoms with Crippen molar-refractivity contribution in [2.75, 3.05) is 0 Å². The zero-order valence-corrected chi connectivity index (χ0v) is 10.1. The first-order valence-corrected chi connectivity index (χ1v) is 5.82. The van der Waals surface area contributed by atoms with Crippen LogP contribution in [0, 0.1) is 25.2 Å². The first-order valence-electron chi connectivity index (χ1n) is 5.82. The average Bonchev–Trinajstić information content (AvgIpc) is 2.32. The van der Waals surface area contributed by atoms with Crippen LogP contribution in [-0.4, -0.2) is 16.9 Å². The molecule has 3 heteroatoms. The van der Waals surface area contributed by atoms with E-state index in [0.717, 1.165) is 18.5 Å². The third-order valence-corrected chi connectivity index (χ3v) is 2.97. The minimum absolute atomic E-state index is 0.0588. The van der Waals surface area contributed by atoms with Gasteiger partial charge < -0.3 is 4.74 Å². The van der Waals surface area contributed by atoms with E-state index in [1.54, 1.807) is 6.07 Å². The number of rotatable bonds is 2. The Morgan fingerprint density at radius 3 is 2.94 bits per heavy atom. The van der Waals surface area contributed by atoms with Gasteiger partial charge in [0.15, 0.2) is 11.9 Å². The molecule has 2 atom stereocenters. The molecule has 0 saturated carbocycles. The second kappa shape index (κ2) is 4.58. The van der Waals surface area contributed by atoms with Gasteiger partial charge in [-0.15, -0.1) is 6.42 Å². The molecule has 17 heavy (non-hydrogen) atoms. The number of ketones is 1. The topological polar surface area (TPSA) is 39.2 Å². The molecule has 0 aliphatic carbocycles. The van der Waals surface area contributed by atoms with Gasteiger partial charge >= 0.3 is 0 Å². The van der Waals surface area contributed by atoms with E-state index in [0.29, 0.717) is 11.4 Å². The van der Waals surface area contributed by atoms with E-state index < -0.39 is 6.10 Å². The number of Topliss-reactive ketones (excluding diaryl/α,β-unsaturated/α-hetero) is 1. The number of ether oxygens (including phenoxy) is 1. The first kappa shape index (κ1) is 11.7. The van der Waals surface area contributed by atoms with E-state index in [1.165, 1.54) is 0 Å². The van der Waals surface area contributed by atoms with Crippen molar-refractivity contribution < 1.29 is 9.53 Å². The molecule has 0 fully saturated rings. The maximum Gasteiger partial charge on any atom is 0.225 e. The highest BCUT2D eigenvalue weighted by atomic mass is 16.5. The largest absolute Gasteiger partial charge is 0.460 e. The van der Waals surface area contributed by atoms with Gasteiger partial charge in [0.25, 0.3) is 0 Å². The average molecular weight is 229 g/mol. The van der Waals surface area contributed by atoms with E-state index in [4.69, 9.17) is 11.2 Å². The van der Waals surface area contributed by atoms with Crippen LogP contribution in [0.5, 0.6) is 5.88 Å². The quantitative estimate of drug-likeness (QED) is 0.731. The number of carbonyl (C=O) groups is 1. The molecular formula is C14H15NO2. The summed E-state index contributed by atoms with van der Waals surface area (Å²) >= 11 is 0. The zero-order valence-electron chi connectivity index (χ0n) is 10.1. The fourth-order valence-electron chi connectivity index (χ4n) is 2.09. The molecule has 2 heterocycles. The Kier molecular flexibility index (Phi) is 3.14. The summed E-state index contributed by atoms with van der Waals surface area (Å²) in [5.74, 6) is 2.75. The summed E-state index contributed by atoms with van der Waals surface area (Å²) in [4.78, 5) is 16.5. The molecular weight excluding hydrogens is 214 g/mol. The van der Waals surface area contributed by atoms with Crippen LogP contribution in [0.4, 0.5) is 0 Å². The van der Waals surface area contributed by atoms with Crippen LogP contribution in [0.3, 0.4) is 0 Å². The monoisotopic (exact) mass is 229 g/mol. The van der Waals surface area contributed by atoms with Crippen molar-refractivity contribution in [1.82, 2.24) is 4.98 Å². The number of carbonyl (C=O) groups excluding carboxylic acids is 1. The van der Waals surface area contributed by atoms with Crippen molar-refractivity contribution in [2.45, 2.75) is 32.8 Å². The Morgan fingerprint density at radius 1 is 1.53 bits per heavy atom. The molecule has 1 aromatic heterocycles. The minimum Gasteiger partial charge on any atom is -0.460 e. The maximum atomic E-state index is 12.3. The fraction of sp³-hybridized carbons (Fsp3) is 0.429. The summed E-state index contributed by atoms with van der Waals surface area (Å²) in [6.07, 6.45) is 6.60. The predicted octanol–water partition coefficient (Wildman–Crippen LogP) is 2.38. The summed E-state index contributed by atoms with van der Waals surface area (Å²) in [7, 11) is 0. The lowest BCUT2D eigenvalue weighted by atomic mass is 9.87. The van der Waals surface area contributed by atoms with Crippen molar-refractivity contribution >= 4 is 5.78 Å². The number of hydrogen-bond donors (Lipinski definition) is 0. The molecule has 1 aliphatic heterocycles. The smallest absolute Gasteiger partial charge is 0.225 e. The predicted molar refractivity (Wildman–Crippen MR) is 65.0 cm³/mol. The molecule has 0 amide bonds. The van der Waals surface area contributed by atoms with E-state index in [-0.39, 0.29) is 11.7 Å². The molecule has 2 rings (SSSR count). The van der Waals surface area contributed by atoms with Crippen molar-refractivity contribution in [2.24, 2.45) is 5.92 Å². The molecule has 0 N–H and O–H groups in total. The van der Waals surface area contributed by atoms with E-state index >= 15 is 0 Å². The summed E-state index contributed by atoms with van der Waals surface area (Å²) in [5.41, 5.74) is 1.38. The van der Waals surface area contributed by atoms with Gasteiger partial charge in [-0.2, -0.15) is 0 Å². The lowest BCUT2D eigenvalue weighted by molar-refractivity contribution is 0.0734. The fourth-order valence-corrected chi connectivity index (χ4v) is 2.09. The molecule has 0 aromatic carbocycles. The van der Waals surface area contributed by atoms with Gasteiger partial charge in [0.1, 0.15) is 0 Å². The molecule has 3 nitrogen and oxygen atoms in total. The van der Waals surface area contributed by atoms with Crippen molar-refractivity contribution in [3.63, 3.8) is 0 Å². The molecule has 1 aliphatic rings. The van der Waals surface area contributed by atoms with Crippen molar-refractivity contribution in [1.29, 1.82) is 0 Å². The molecule has 1 aromatic rings. The Morgan fingerprint density at radius 2 is 2.29 bits per heavy atom. The number of aryl methyl sites for hydroxylation is 1. The van der Waals surface area contributed by atoms with Gasteiger partial charge in [-0.1, -0.05) is 19.3 Å². The highest BCUT2D eigenvalue weighted by molar-refractivity contribution is 6.01. The summed E-state index contributed by atoms with van der Waals surface area (Å²) in [6, 6.07) is 3.59. The summed E-state index contributed by atoms with van der Waals surface area (Å²) in [5, 5.41) is 0. The maximum absolute atomic E-state index is 12.3. The summed E-state index contributed by atoms with van der Waals surface area (Å²) in [6.45, 7) is 3.89. The number of hydrogen-bond acceptors (Lipinski definition) is 3. The highest BCUT2D eigenvalue weighted by Gasteiger charge is 2.36. The van der Waals surface area contributed by atoms with Crippen molar-refractivity contribution in [3.8, 4) is 18.2 Å².